The maximum atomic E-state index is 4.39. The molecule has 4 nitrogen and oxygen atoms in total. The highest BCUT2D eigenvalue weighted by molar-refractivity contribution is 5.15. The monoisotopic (exact) mass is 216 g/mol. The van der Waals surface area contributed by atoms with Gasteiger partial charge in [0.1, 0.15) is 5.82 Å². The zero-order valence-electron chi connectivity index (χ0n) is 9.40. The Hall–Kier alpha value is -1.68. The third kappa shape index (κ3) is 2.90. The van der Waals surface area contributed by atoms with E-state index >= 15 is 0 Å². The van der Waals surface area contributed by atoms with E-state index in [9.17, 15) is 0 Å². The summed E-state index contributed by atoms with van der Waals surface area (Å²) in [6, 6.07) is 10.4. The van der Waals surface area contributed by atoms with Gasteiger partial charge in [-0.25, -0.2) is 4.98 Å². The summed E-state index contributed by atoms with van der Waals surface area (Å²) in [7, 11) is 1.90. The largest absolute Gasteiger partial charge is 0.313 e. The zero-order valence-corrected chi connectivity index (χ0v) is 9.40. The van der Waals surface area contributed by atoms with Gasteiger partial charge in [0, 0.05) is 6.42 Å². The van der Waals surface area contributed by atoms with Crippen LogP contribution >= 0.6 is 0 Å². The Morgan fingerprint density at radius 3 is 2.75 bits per heavy atom. The van der Waals surface area contributed by atoms with Crippen molar-refractivity contribution in [1.29, 1.82) is 0 Å². The number of nitrogens with one attached hydrogen (secondary N) is 2. The van der Waals surface area contributed by atoms with Crippen molar-refractivity contribution >= 4 is 0 Å². The number of hydrogen-bond donors (Lipinski definition) is 2. The van der Waals surface area contributed by atoms with E-state index in [1.807, 2.05) is 13.1 Å². The van der Waals surface area contributed by atoms with Crippen LogP contribution in [0.25, 0.3) is 0 Å². The van der Waals surface area contributed by atoms with Crippen LogP contribution in [0, 0.1) is 0 Å². The lowest BCUT2D eigenvalue weighted by molar-refractivity contribution is 0.762. The predicted octanol–water partition coefficient (Wildman–Crippen LogP) is 1.31. The van der Waals surface area contributed by atoms with E-state index in [0.29, 0.717) is 0 Å². The molecule has 0 fully saturated rings. The molecule has 1 heterocycles. The molecule has 0 aliphatic carbocycles. The molecule has 0 aliphatic rings. The Morgan fingerprint density at radius 1 is 1.19 bits per heavy atom. The molecule has 84 valence electrons. The summed E-state index contributed by atoms with van der Waals surface area (Å²) in [5.74, 6) is 1.78. The van der Waals surface area contributed by atoms with Crippen LogP contribution in [0.3, 0.4) is 0 Å². The van der Waals surface area contributed by atoms with Crippen LogP contribution in [-0.4, -0.2) is 22.2 Å². The second-order valence-corrected chi connectivity index (χ2v) is 3.71. The molecule has 0 aliphatic heterocycles. The molecule has 2 N–H and O–H groups in total. The van der Waals surface area contributed by atoms with Crippen molar-refractivity contribution in [2.45, 2.75) is 19.4 Å². The van der Waals surface area contributed by atoms with Crippen molar-refractivity contribution in [3.63, 3.8) is 0 Å². The molecule has 1 aromatic heterocycles. The molecule has 0 unspecified atom stereocenters. The summed E-state index contributed by atoms with van der Waals surface area (Å²) in [6.07, 6.45) is 1.86. The number of nitrogens with zero attached hydrogens (tertiary/aromatic N) is 2. The van der Waals surface area contributed by atoms with Gasteiger partial charge in [0.05, 0.1) is 6.54 Å². The molecule has 2 rings (SSSR count). The quantitative estimate of drug-likeness (QED) is 0.792. The Balaban J connectivity index is 1.89. The molecule has 0 saturated carbocycles. The first-order chi connectivity index (χ1) is 7.88. The Morgan fingerprint density at radius 2 is 2.00 bits per heavy atom. The summed E-state index contributed by atoms with van der Waals surface area (Å²) in [5, 5.41) is 10.1. The normalized spacial score (nSPS) is 10.6. The third-order valence-electron chi connectivity index (χ3n) is 2.40. The average molecular weight is 216 g/mol. The van der Waals surface area contributed by atoms with Gasteiger partial charge in [-0.2, -0.15) is 5.10 Å². The van der Waals surface area contributed by atoms with Crippen LogP contribution < -0.4 is 5.32 Å². The fraction of sp³-hybridized carbons (Fsp3) is 0.333. The van der Waals surface area contributed by atoms with Gasteiger partial charge in [-0.05, 0) is 19.0 Å². The molecule has 0 bridgehead atoms. The first kappa shape index (κ1) is 10.8. The molecule has 0 radical (unpaired) electrons. The van der Waals surface area contributed by atoms with Gasteiger partial charge >= 0.3 is 0 Å². The van der Waals surface area contributed by atoms with Crippen LogP contribution in [0.1, 0.15) is 17.2 Å². The van der Waals surface area contributed by atoms with Crippen LogP contribution in [0.15, 0.2) is 30.3 Å². The number of H-pyrrole nitrogens is 1. The Labute approximate surface area is 95.1 Å². The van der Waals surface area contributed by atoms with E-state index in [2.05, 4.69) is 44.8 Å². The highest BCUT2D eigenvalue weighted by atomic mass is 15.2. The number of benzene rings is 1. The average Bonchev–Trinajstić information content (AvgIpc) is 2.76. The van der Waals surface area contributed by atoms with Crippen LogP contribution in [0.5, 0.6) is 0 Å². The molecule has 0 amide bonds. The SMILES string of the molecule is CNCc1nc(CCc2ccccc2)n[nH]1. The fourth-order valence-electron chi connectivity index (χ4n) is 1.59. The molecule has 4 heteroatoms. The number of aromatic amines is 1. The Bertz CT molecular complexity index is 422. The van der Waals surface area contributed by atoms with Crippen molar-refractivity contribution in [1.82, 2.24) is 20.5 Å². The molecule has 1 aromatic carbocycles. The van der Waals surface area contributed by atoms with Crippen molar-refractivity contribution in [2.75, 3.05) is 7.05 Å². The van der Waals surface area contributed by atoms with Gasteiger partial charge in [-0.15, -0.1) is 0 Å². The second-order valence-electron chi connectivity index (χ2n) is 3.71. The molecule has 0 saturated heterocycles. The minimum Gasteiger partial charge on any atom is -0.313 e. The molecule has 2 aromatic rings. The summed E-state index contributed by atoms with van der Waals surface area (Å²) in [5.41, 5.74) is 1.32. The summed E-state index contributed by atoms with van der Waals surface area (Å²) < 4.78 is 0. The molecule has 0 atom stereocenters. The summed E-state index contributed by atoms with van der Waals surface area (Å²) in [4.78, 5) is 4.39. The van der Waals surface area contributed by atoms with Gasteiger partial charge in [0.15, 0.2) is 5.82 Å². The first-order valence-corrected chi connectivity index (χ1v) is 5.47. The van der Waals surface area contributed by atoms with Crippen LogP contribution in [-0.2, 0) is 19.4 Å². The molecule has 16 heavy (non-hydrogen) atoms. The summed E-state index contributed by atoms with van der Waals surface area (Å²) >= 11 is 0. The van der Waals surface area contributed by atoms with Crippen molar-refractivity contribution in [3.8, 4) is 0 Å². The van der Waals surface area contributed by atoms with Crippen molar-refractivity contribution < 1.29 is 0 Å². The number of aryl methyl sites for hydroxylation is 2. The zero-order chi connectivity index (χ0) is 11.2. The maximum Gasteiger partial charge on any atom is 0.151 e. The minimum absolute atomic E-state index is 0.734. The standard InChI is InChI=1S/C12H16N4/c1-13-9-12-14-11(15-16-12)8-7-10-5-3-2-4-6-10/h2-6,13H,7-9H2,1H3,(H,14,15,16). The lowest BCUT2D eigenvalue weighted by Crippen LogP contribution is -2.06. The Kier molecular flexibility index (Phi) is 3.66. The minimum atomic E-state index is 0.734. The van der Waals surface area contributed by atoms with Crippen molar-refractivity contribution in [2.24, 2.45) is 0 Å². The topological polar surface area (TPSA) is 53.6 Å². The molecule has 0 spiro atoms. The van der Waals surface area contributed by atoms with E-state index in [1.165, 1.54) is 5.56 Å². The van der Waals surface area contributed by atoms with E-state index in [1.54, 1.807) is 0 Å². The molecular formula is C12H16N4. The van der Waals surface area contributed by atoms with E-state index in [-0.39, 0.29) is 0 Å². The number of hydrogen-bond acceptors (Lipinski definition) is 3. The van der Waals surface area contributed by atoms with Gasteiger partial charge < -0.3 is 5.32 Å². The van der Waals surface area contributed by atoms with E-state index in [4.69, 9.17) is 0 Å². The lowest BCUT2D eigenvalue weighted by atomic mass is 10.1. The fourth-order valence-corrected chi connectivity index (χ4v) is 1.59. The second kappa shape index (κ2) is 5.42. The van der Waals surface area contributed by atoms with Crippen LogP contribution in [0.4, 0.5) is 0 Å². The van der Waals surface area contributed by atoms with E-state index in [0.717, 1.165) is 31.0 Å². The van der Waals surface area contributed by atoms with Crippen molar-refractivity contribution in [3.05, 3.63) is 47.5 Å². The maximum absolute atomic E-state index is 4.39. The predicted molar refractivity (Wildman–Crippen MR) is 63.0 cm³/mol. The van der Waals surface area contributed by atoms with Gasteiger partial charge in [0.2, 0.25) is 0 Å². The molecular weight excluding hydrogens is 200 g/mol. The van der Waals surface area contributed by atoms with Gasteiger partial charge in [0.25, 0.3) is 0 Å². The summed E-state index contributed by atoms with van der Waals surface area (Å²) in [6.45, 7) is 0.734. The number of aromatic nitrogens is 3. The van der Waals surface area contributed by atoms with Gasteiger partial charge in [-0.1, -0.05) is 30.3 Å². The van der Waals surface area contributed by atoms with E-state index < -0.39 is 0 Å². The first-order valence-electron chi connectivity index (χ1n) is 5.47. The smallest absolute Gasteiger partial charge is 0.151 e. The third-order valence-corrected chi connectivity index (χ3v) is 2.40. The van der Waals surface area contributed by atoms with Gasteiger partial charge in [-0.3, -0.25) is 5.10 Å². The highest BCUT2D eigenvalue weighted by Gasteiger charge is 2.02. The highest BCUT2D eigenvalue weighted by Crippen LogP contribution is 2.03. The lowest BCUT2D eigenvalue weighted by Gasteiger charge is -1.97. The number of rotatable bonds is 5. The van der Waals surface area contributed by atoms with Crippen LogP contribution in [0.2, 0.25) is 0 Å².